The second-order valence-electron chi connectivity index (χ2n) is 3.92. The lowest BCUT2D eigenvalue weighted by Crippen LogP contribution is -2.33. The Morgan fingerprint density at radius 3 is 2.93 bits per heavy atom. The molecule has 1 N–H and O–H groups in total. The Morgan fingerprint density at radius 2 is 2.36 bits per heavy atom. The molecule has 0 aliphatic heterocycles. The number of aldehydes is 1. The minimum absolute atomic E-state index is 0.0112. The Kier molecular flexibility index (Phi) is 3.77. The van der Waals surface area contributed by atoms with Gasteiger partial charge in [0.25, 0.3) is 0 Å². The van der Waals surface area contributed by atoms with Gasteiger partial charge in [-0.05, 0) is 11.6 Å². The van der Waals surface area contributed by atoms with E-state index in [9.17, 15) is 4.79 Å². The standard InChI is InChI=1S/C11H16N2O/c1-11(2,9-13-6-7-14)10-4-3-5-12-8-10/h3-5,7-8,13H,6,9H2,1-2H3. The van der Waals surface area contributed by atoms with Gasteiger partial charge in [-0.1, -0.05) is 19.9 Å². The van der Waals surface area contributed by atoms with Gasteiger partial charge >= 0.3 is 0 Å². The van der Waals surface area contributed by atoms with Crippen LogP contribution in [0.1, 0.15) is 19.4 Å². The van der Waals surface area contributed by atoms with E-state index in [0.29, 0.717) is 6.54 Å². The number of carbonyl (C=O) groups is 1. The molecule has 1 rings (SSSR count). The lowest BCUT2D eigenvalue weighted by molar-refractivity contribution is -0.107. The van der Waals surface area contributed by atoms with E-state index in [1.165, 1.54) is 5.56 Å². The van der Waals surface area contributed by atoms with Crippen molar-refractivity contribution in [1.29, 1.82) is 0 Å². The third kappa shape index (κ3) is 2.92. The Morgan fingerprint density at radius 1 is 1.57 bits per heavy atom. The number of rotatable bonds is 5. The fourth-order valence-corrected chi connectivity index (χ4v) is 1.31. The van der Waals surface area contributed by atoms with Crippen LogP contribution < -0.4 is 5.32 Å². The summed E-state index contributed by atoms with van der Waals surface area (Å²) in [6, 6.07) is 3.98. The van der Waals surface area contributed by atoms with Crippen LogP contribution in [0.25, 0.3) is 0 Å². The molecule has 0 fully saturated rings. The maximum atomic E-state index is 10.2. The van der Waals surface area contributed by atoms with Gasteiger partial charge in [0, 0.05) is 24.4 Å². The molecule has 1 aromatic rings. The second-order valence-corrected chi connectivity index (χ2v) is 3.92. The molecule has 0 aromatic carbocycles. The molecule has 0 radical (unpaired) electrons. The van der Waals surface area contributed by atoms with Gasteiger partial charge in [0.15, 0.2) is 0 Å². The highest BCUT2D eigenvalue weighted by Gasteiger charge is 2.19. The number of nitrogens with one attached hydrogen (secondary N) is 1. The van der Waals surface area contributed by atoms with E-state index in [-0.39, 0.29) is 5.41 Å². The largest absolute Gasteiger partial charge is 0.309 e. The van der Waals surface area contributed by atoms with Crippen molar-refractivity contribution < 1.29 is 4.79 Å². The van der Waals surface area contributed by atoms with Crippen LogP contribution in [0.15, 0.2) is 24.5 Å². The van der Waals surface area contributed by atoms with Crippen LogP contribution in [0.3, 0.4) is 0 Å². The van der Waals surface area contributed by atoms with Gasteiger partial charge in [-0.25, -0.2) is 0 Å². The molecule has 3 nitrogen and oxygen atoms in total. The van der Waals surface area contributed by atoms with Crippen molar-refractivity contribution in [1.82, 2.24) is 10.3 Å². The van der Waals surface area contributed by atoms with E-state index in [1.807, 2.05) is 12.3 Å². The lowest BCUT2D eigenvalue weighted by Gasteiger charge is -2.24. The number of aromatic nitrogens is 1. The van der Waals surface area contributed by atoms with E-state index in [0.717, 1.165) is 12.8 Å². The normalized spacial score (nSPS) is 11.3. The van der Waals surface area contributed by atoms with Gasteiger partial charge < -0.3 is 10.1 Å². The quantitative estimate of drug-likeness (QED) is 0.562. The third-order valence-electron chi connectivity index (χ3n) is 2.24. The van der Waals surface area contributed by atoms with Crippen molar-refractivity contribution in [3.63, 3.8) is 0 Å². The molecule has 0 aliphatic rings. The molecular weight excluding hydrogens is 176 g/mol. The van der Waals surface area contributed by atoms with Crippen molar-refractivity contribution in [3.05, 3.63) is 30.1 Å². The molecule has 0 saturated heterocycles. The maximum Gasteiger partial charge on any atom is 0.133 e. The minimum Gasteiger partial charge on any atom is -0.309 e. The zero-order chi connectivity index (χ0) is 10.4. The number of hydrogen-bond acceptors (Lipinski definition) is 3. The van der Waals surface area contributed by atoms with Gasteiger partial charge in [0.05, 0.1) is 6.54 Å². The number of carbonyl (C=O) groups excluding carboxylic acids is 1. The summed E-state index contributed by atoms with van der Waals surface area (Å²) in [5.74, 6) is 0. The summed E-state index contributed by atoms with van der Waals surface area (Å²) in [6.07, 6.45) is 4.50. The molecule has 3 heteroatoms. The Bertz CT molecular complexity index is 283. The molecule has 0 saturated carbocycles. The zero-order valence-electron chi connectivity index (χ0n) is 8.66. The van der Waals surface area contributed by atoms with E-state index in [2.05, 4.69) is 30.2 Å². The predicted octanol–water partition coefficient (Wildman–Crippen LogP) is 1.15. The van der Waals surface area contributed by atoms with Crippen molar-refractivity contribution >= 4 is 6.29 Å². The van der Waals surface area contributed by atoms with Crippen LogP contribution >= 0.6 is 0 Å². The number of hydrogen-bond donors (Lipinski definition) is 1. The average Bonchev–Trinajstić information content (AvgIpc) is 2.19. The summed E-state index contributed by atoms with van der Waals surface area (Å²) >= 11 is 0. The first-order valence-electron chi connectivity index (χ1n) is 4.72. The average molecular weight is 192 g/mol. The molecule has 76 valence electrons. The fourth-order valence-electron chi connectivity index (χ4n) is 1.31. The zero-order valence-corrected chi connectivity index (χ0v) is 8.66. The highest BCUT2D eigenvalue weighted by molar-refractivity contribution is 5.51. The summed E-state index contributed by atoms with van der Waals surface area (Å²) < 4.78 is 0. The summed E-state index contributed by atoms with van der Waals surface area (Å²) in [6.45, 7) is 5.44. The minimum atomic E-state index is 0.0112. The second kappa shape index (κ2) is 4.86. The molecular formula is C11H16N2O. The molecule has 0 aliphatic carbocycles. The Balaban J connectivity index is 2.61. The van der Waals surface area contributed by atoms with Gasteiger partial charge in [0.1, 0.15) is 6.29 Å². The number of nitrogens with zero attached hydrogens (tertiary/aromatic N) is 1. The topological polar surface area (TPSA) is 42.0 Å². The molecule has 0 bridgehead atoms. The van der Waals surface area contributed by atoms with Crippen LogP contribution in [0.2, 0.25) is 0 Å². The monoisotopic (exact) mass is 192 g/mol. The lowest BCUT2D eigenvalue weighted by atomic mass is 9.86. The SMILES string of the molecule is CC(C)(CNCC=O)c1cccnc1. The van der Waals surface area contributed by atoms with Gasteiger partial charge in [-0.15, -0.1) is 0 Å². The summed E-state index contributed by atoms with van der Waals surface area (Å²) in [5, 5.41) is 3.08. The van der Waals surface area contributed by atoms with E-state index < -0.39 is 0 Å². The summed E-state index contributed by atoms with van der Waals surface area (Å²) in [5.41, 5.74) is 1.19. The first-order valence-corrected chi connectivity index (χ1v) is 4.72. The molecule has 14 heavy (non-hydrogen) atoms. The summed E-state index contributed by atoms with van der Waals surface area (Å²) in [4.78, 5) is 14.2. The molecule has 1 heterocycles. The predicted molar refractivity (Wildman–Crippen MR) is 56.2 cm³/mol. The summed E-state index contributed by atoms with van der Waals surface area (Å²) in [7, 11) is 0. The van der Waals surface area contributed by atoms with Gasteiger partial charge in [-0.2, -0.15) is 0 Å². The first kappa shape index (κ1) is 10.9. The van der Waals surface area contributed by atoms with E-state index in [4.69, 9.17) is 0 Å². The third-order valence-corrected chi connectivity index (χ3v) is 2.24. The van der Waals surface area contributed by atoms with Gasteiger partial charge in [-0.3, -0.25) is 4.98 Å². The van der Waals surface area contributed by atoms with E-state index in [1.54, 1.807) is 6.20 Å². The number of pyridine rings is 1. The Labute approximate surface area is 84.6 Å². The fraction of sp³-hybridized carbons (Fsp3) is 0.455. The highest BCUT2D eigenvalue weighted by Crippen LogP contribution is 2.20. The Hall–Kier alpha value is -1.22. The maximum absolute atomic E-state index is 10.2. The van der Waals surface area contributed by atoms with Crippen molar-refractivity contribution in [2.45, 2.75) is 19.3 Å². The van der Waals surface area contributed by atoms with Crippen molar-refractivity contribution in [2.75, 3.05) is 13.1 Å². The van der Waals surface area contributed by atoms with Crippen molar-refractivity contribution in [3.8, 4) is 0 Å². The molecule has 0 atom stereocenters. The van der Waals surface area contributed by atoms with Crippen molar-refractivity contribution in [2.24, 2.45) is 0 Å². The molecule has 0 amide bonds. The molecule has 0 unspecified atom stereocenters. The molecule has 0 spiro atoms. The molecule has 1 aromatic heterocycles. The van der Waals surface area contributed by atoms with Crippen LogP contribution in [0, 0.1) is 0 Å². The smallest absolute Gasteiger partial charge is 0.133 e. The van der Waals surface area contributed by atoms with Crippen LogP contribution in [0.5, 0.6) is 0 Å². The van der Waals surface area contributed by atoms with Gasteiger partial charge in [0.2, 0.25) is 0 Å². The van der Waals surface area contributed by atoms with E-state index >= 15 is 0 Å². The van der Waals surface area contributed by atoms with Crippen LogP contribution in [-0.4, -0.2) is 24.4 Å². The first-order chi connectivity index (χ1) is 6.67. The van der Waals surface area contributed by atoms with Crippen LogP contribution in [0.4, 0.5) is 0 Å². The van der Waals surface area contributed by atoms with Crippen LogP contribution in [-0.2, 0) is 10.2 Å². The highest BCUT2D eigenvalue weighted by atomic mass is 16.1.